The standard InChI is InChI=1S/C20H24N2O5S/c1-28-27-18(12-21-19(23)25-14-16-8-4-2-5-9-16)13-22-20(24)26-15-17-10-6-3-7-11-17/h2-11,18H,12-15H2,1H3,(H,21,23)(H,22,24). The number of hydrogen-bond acceptors (Lipinski definition) is 6. The fraction of sp³-hybridized carbons (Fsp3) is 0.300. The average molecular weight is 404 g/mol. The van der Waals surface area contributed by atoms with Gasteiger partial charge in [0.2, 0.25) is 0 Å². The van der Waals surface area contributed by atoms with Crippen LogP contribution in [-0.2, 0) is 26.9 Å². The molecule has 0 aliphatic rings. The second kappa shape index (κ2) is 12.6. The minimum absolute atomic E-state index is 0.185. The zero-order valence-electron chi connectivity index (χ0n) is 15.6. The van der Waals surface area contributed by atoms with Crippen LogP contribution >= 0.6 is 12.0 Å². The first-order chi connectivity index (χ1) is 13.7. The van der Waals surface area contributed by atoms with E-state index in [1.165, 1.54) is 0 Å². The number of nitrogens with one attached hydrogen (secondary N) is 2. The van der Waals surface area contributed by atoms with Crippen molar-refractivity contribution in [2.45, 2.75) is 19.3 Å². The van der Waals surface area contributed by atoms with Gasteiger partial charge in [-0.25, -0.2) is 9.59 Å². The SMILES string of the molecule is CSOC(CNC(=O)OCc1ccccc1)CNC(=O)OCc1ccccc1. The van der Waals surface area contributed by atoms with Crippen LogP contribution in [0.3, 0.4) is 0 Å². The van der Waals surface area contributed by atoms with Gasteiger partial charge >= 0.3 is 12.2 Å². The van der Waals surface area contributed by atoms with E-state index < -0.39 is 18.3 Å². The maximum absolute atomic E-state index is 11.8. The van der Waals surface area contributed by atoms with Crippen molar-refractivity contribution < 1.29 is 23.2 Å². The Morgan fingerprint density at radius 2 is 1.25 bits per heavy atom. The second-order valence-electron chi connectivity index (χ2n) is 5.77. The van der Waals surface area contributed by atoms with Crippen LogP contribution in [0.4, 0.5) is 9.59 Å². The molecule has 2 rings (SSSR count). The third-order valence-corrected chi connectivity index (χ3v) is 4.07. The molecule has 0 aliphatic heterocycles. The van der Waals surface area contributed by atoms with Crippen LogP contribution in [0.2, 0.25) is 0 Å². The maximum Gasteiger partial charge on any atom is 0.407 e. The smallest absolute Gasteiger partial charge is 0.407 e. The van der Waals surface area contributed by atoms with Gasteiger partial charge in [-0.1, -0.05) is 60.7 Å². The van der Waals surface area contributed by atoms with Crippen molar-refractivity contribution in [2.24, 2.45) is 0 Å². The molecule has 2 amide bonds. The summed E-state index contributed by atoms with van der Waals surface area (Å²) in [6.45, 7) is 0.746. The third kappa shape index (κ3) is 8.79. The van der Waals surface area contributed by atoms with Crippen molar-refractivity contribution in [3.63, 3.8) is 0 Å². The molecule has 0 aromatic heterocycles. The number of alkyl carbamates (subject to hydrolysis) is 2. The van der Waals surface area contributed by atoms with Crippen molar-refractivity contribution >= 4 is 24.2 Å². The molecule has 28 heavy (non-hydrogen) atoms. The average Bonchev–Trinajstić information content (AvgIpc) is 2.74. The summed E-state index contributed by atoms with van der Waals surface area (Å²) < 4.78 is 15.7. The fourth-order valence-electron chi connectivity index (χ4n) is 2.22. The zero-order valence-corrected chi connectivity index (χ0v) is 16.4. The van der Waals surface area contributed by atoms with Crippen LogP contribution in [-0.4, -0.2) is 37.6 Å². The minimum atomic E-state index is -0.551. The van der Waals surface area contributed by atoms with Gasteiger partial charge in [0.1, 0.15) is 19.3 Å². The first-order valence-electron chi connectivity index (χ1n) is 8.76. The van der Waals surface area contributed by atoms with Crippen LogP contribution in [0.15, 0.2) is 60.7 Å². The predicted octanol–water partition coefficient (Wildman–Crippen LogP) is 3.50. The summed E-state index contributed by atoms with van der Waals surface area (Å²) in [7, 11) is 0. The lowest BCUT2D eigenvalue weighted by Crippen LogP contribution is -2.41. The molecule has 2 aromatic rings. The van der Waals surface area contributed by atoms with Gasteiger partial charge in [-0.2, -0.15) is 0 Å². The van der Waals surface area contributed by atoms with E-state index in [0.29, 0.717) is 0 Å². The van der Waals surface area contributed by atoms with Crippen molar-refractivity contribution in [3.05, 3.63) is 71.8 Å². The summed E-state index contributed by atoms with van der Waals surface area (Å²) in [5.74, 6) is 0. The molecule has 0 heterocycles. The highest BCUT2D eigenvalue weighted by atomic mass is 32.2. The minimum Gasteiger partial charge on any atom is -0.445 e. The highest BCUT2D eigenvalue weighted by Crippen LogP contribution is 2.04. The monoisotopic (exact) mass is 404 g/mol. The molecule has 0 atom stereocenters. The Morgan fingerprint density at radius 1 is 0.821 bits per heavy atom. The first-order valence-corrected chi connectivity index (χ1v) is 9.91. The largest absolute Gasteiger partial charge is 0.445 e. The van der Waals surface area contributed by atoms with Gasteiger partial charge in [0, 0.05) is 6.26 Å². The van der Waals surface area contributed by atoms with Crippen LogP contribution < -0.4 is 10.6 Å². The Balaban J connectivity index is 1.65. The van der Waals surface area contributed by atoms with E-state index in [4.69, 9.17) is 13.7 Å². The molecule has 8 heteroatoms. The van der Waals surface area contributed by atoms with E-state index >= 15 is 0 Å². The van der Waals surface area contributed by atoms with E-state index in [0.717, 1.165) is 23.2 Å². The Hall–Kier alpha value is -2.71. The number of carbonyl (C=O) groups is 2. The summed E-state index contributed by atoms with van der Waals surface area (Å²) >= 11 is 1.15. The molecule has 0 spiro atoms. The first kappa shape index (κ1) is 21.6. The normalized spacial score (nSPS) is 10.4. The lowest BCUT2D eigenvalue weighted by atomic mass is 10.2. The molecule has 0 fully saturated rings. The van der Waals surface area contributed by atoms with Gasteiger partial charge in [-0.3, -0.25) is 0 Å². The summed E-state index contributed by atoms with van der Waals surface area (Å²) in [5.41, 5.74) is 1.80. The molecule has 0 radical (unpaired) electrons. The van der Waals surface area contributed by atoms with Gasteiger partial charge < -0.3 is 24.3 Å². The van der Waals surface area contributed by atoms with Crippen LogP contribution in [0, 0.1) is 0 Å². The highest BCUT2D eigenvalue weighted by Gasteiger charge is 2.14. The Labute approximate surface area is 169 Å². The van der Waals surface area contributed by atoms with Crippen molar-refractivity contribution in [3.8, 4) is 0 Å². The second-order valence-corrected chi connectivity index (χ2v) is 6.30. The van der Waals surface area contributed by atoms with E-state index in [1.807, 2.05) is 60.7 Å². The van der Waals surface area contributed by atoms with E-state index in [9.17, 15) is 9.59 Å². The highest BCUT2D eigenvalue weighted by molar-refractivity contribution is 7.93. The van der Waals surface area contributed by atoms with Gasteiger partial charge in [-0.05, 0) is 23.2 Å². The zero-order chi connectivity index (χ0) is 20.0. The number of amides is 2. The molecule has 0 unspecified atom stereocenters. The molecule has 0 bridgehead atoms. The number of benzene rings is 2. The third-order valence-electron chi connectivity index (χ3n) is 3.61. The maximum atomic E-state index is 11.8. The quantitative estimate of drug-likeness (QED) is 0.590. The van der Waals surface area contributed by atoms with Crippen LogP contribution in [0.25, 0.3) is 0 Å². The molecule has 0 saturated heterocycles. The Morgan fingerprint density at radius 3 is 1.64 bits per heavy atom. The van der Waals surface area contributed by atoms with Gasteiger partial charge in [0.05, 0.1) is 13.1 Å². The van der Waals surface area contributed by atoms with E-state index in [1.54, 1.807) is 6.26 Å². The van der Waals surface area contributed by atoms with Crippen molar-refractivity contribution in [1.82, 2.24) is 10.6 Å². The molecular formula is C20H24N2O5S. The van der Waals surface area contributed by atoms with Crippen molar-refractivity contribution in [2.75, 3.05) is 19.3 Å². The molecular weight excluding hydrogens is 380 g/mol. The molecule has 7 nitrogen and oxygen atoms in total. The topological polar surface area (TPSA) is 85.9 Å². The van der Waals surface area contributed by atoms with Crippen LogP contribution in [0.1, 0.15) is 11.1 Å². The molecule has 0 saturated carbocycles. The van der Waals surface area contributed by atoms with E-state index in [2.05, 4.69) is 10.6 Å². The summed E-state index contributed by atoms with van der Waals surface area (Å²) in [4.78, 5) is 23.6. The Bertz CT molecular complexity index is 656. The number of hydrogen-bond donors (Lipinski definition) is 2. The number of rotatable bonds is 10. The molecule has 2 aromatic carbocycles. The van der Waals surface area contributed by atoms with E-state index in [-0.39, 0.29) is 26.3 Å². The summed E-state index contributed by atoms with van der Waals surface area (Å²) in [6.07, 6.45) is 0.230. The lowest BCUT2D eigenvalue weighted by molar-refractivity contribution is 0.127. The molecule has 150 valence electrons. The molecule has 0 aliphatic carbocycles. The van der Waals surface area contributed by atoms with Gasteiger partial charge in [0.15, 0.2) is 0 Å². The predicted molar refractivity (Wildman–Crippen MR) is 108 cm³/mol. The summed E-state index contributed by atoms with van der Waals surface area (Å²) in [6, 6.07) is 18.8. The van der Waals surface area contributed by atoms with Crippen molar-refractivity contribution in [1.29, 1.82) is 0 Å². The van der Waals surface area contributed by atoms with Gasteiger partial charge in [0.25, 0.3) is 0 Å². The Kier molecular flexibility index (Phi) is 9.74. The fourth-order valence-corrected chi connectivity index (χ4v) is 2.63. The molecule has 2 N–H and O–H groups in total. The number of carbonyl (C=O) groups excluding carboxylic acids is 2. The lowest BCUT2D eigenvalue weighted by Gasteiger charge is -2.17. The van der Waals surface area contributed by atoms with Crippen LogP contribution in [0.5, 0.6) is 0 Å². The summed E-state index contributed by atoms with van der Waals surface area (Å²) in [5, 5.41) is 5.26. The van der Waals surface area contributed by atoms with Gasteiger partial charge in [-0.15, -0.1) is 0 Å². The number of ether oxygens (including phenoxy) is 2.